The van der Waals surface area contributed by atoms with Crippen LogP contribution in [0.5, 0.6) is 0 Å². The molecular weight excluding hydrogens is 126 g/mol. The van der Waals surface area contributed by atoms with Gasteiger partial charge in [-0.05, 0) is 26.4 Å². The zero-order chi connectivity index (χ0) is 8.15. The number of aldehydes is 1. The lowest BCUT2D eigenvalue weighted by atomic mass is 10.0. The summed E-state index contributed by atoms with van der Waals surface area (Å²) in [7, 11) is 3.86. The van der Waals surface area contributed by atoms with E-state index in [2.05, 4.69) is 13.8 Å². The molecule has 1 unspecified atom stereocenters. The summed E-state index contributed by atoms with van der Waals surface area (Å²) in [6, 6.07) is 0.0972. The highest BCUT2D eigenvalue weighted by molar-refractivity contribution is 5.57. The molecule has 0 rings (SSSR count). The zero-order valence-electron chi connectivity index (χ0n) is 7.29. The van der Waals surface area contributed by atoms with Gasteiger partial charge in [0.2, 0.25) is 0 Å². The molecule has 0 aromatic carbocycles. The Hall–Kier alpha value is -0.370. The third kappa shape index (κ3) is 3.62. The van der Waals surface area contributed by atoms with Crippen LogP contribution in [0.25, 0.3) is 0 Å². The van der Waals surface area contributed by atoms with Gasteiger partial charge in [-0.25, -0.2) is 0 Å². The number of hydrogen-bond acceptors (Lipinski definition) is 2. The molecule has 0 fully saturated rings. The summed E-state index contributed by atoms with van der Waals surface area (Å²) in [5.74, 6) is 0.595. The Labute approximate surface area is 63.2 Å². The Bertz CT molecular complexity index is 99.4. The first-order valence-electron chi connectivity index (χ1n) is 3.69. The lowest BCUT2D eigenvalue weighted by molar-refractivity contribution is -0.112. The third-order valence-electron chi connectivity index (χ3n) is 1.53. The van der Waals surface area contributed by atoms with Crippen LogP contribution in [0.2, 0.25) is 0 Å². The maximum atomic E-state index is 10.4. The average molecular weight is 143 g/mol. The molecule has 0 spiro atoms. The SMILES string of the molecule is CC(C)CC(C=O)N(C)C. The topological polar surface area (TPSA) is 20.3 Å². The van der Waals surface area contributed by atoms with Gasteiger partial charge in [0.1, 0.15) is 6.29 Å². The van der Waals surface area contributed by atoms with E-state index in [9.17, 15) is 4.79 Å². The van der Waals surface area contributed by atoms with Crippen LogP contribution in [0.3, 0.4) is 0 Å². The monoisotopic (exact) mass is 143 g/mol. The van der Waals surface area contributed by atoms with Crippen LogP contribution in [-0.2, 0) is 4.79 Å². The standard InChI is InChI=1S/C8H17NO/c1-7(2)5-8(6-10)9(3)4/h6-8H,5H2,1-4H3. The minimum Gasteiger partial charge on any atom is -0.302 e. The summed E-state index contributed by atoms with van der Waals surface area (Å²) < 4.78 is 0. The second kappa shape index (κ2) is 4.45. The van der Waals surface area contributed by atoms with Crippen molar-refractivity contribution in [1.29, 1.82) is 0 Å². The van der Waals surface area contributed by atoms with E-state index in [0.717, 1.165) is 12.7 Å². The van der Waals surface area contributed by atoms with Crippen LogP contribution < -0.4 is 0 Å². The molecule has 60 valence electrons. The Balaban J connectivity index is 3.71. The van der Waals surface area contributed by atoms with Crippen molar-refractivity contribution in [2.75, 3.05) is 14.1 Å². The van der Waals surface area contributed by atoms with Crippen LogP contribution in [-0.4, -0.2) is 31.3 Å². The Morgan fingerprint density at radius 1 is 1.40 bits per heavy atom. The number of hydrogen-bond donors (Lipinski definition) is 0. The molecule has 10 heavy (non-hydrogen) atoms. The number of carbonyl (C=O) groups excluding carboxylic acids is 1. The molecule has 0 saturated carbocycles. The molecule has 0 aliphatic heterocycles. The predicted molar refractivity (Wildman–Crippen MR) is 43.0 cm³/mol. The average Bonchev–Trinajstić information content (AvgIpc) is 1.81. The Morgan fingerprint density at radius 2 is 1.90 bits per heavy atom. The minimum absolute atomic E-state index is 0.0972. The quantitative estimate of drug-likeness (QED) is 0.550. The first kappa shape index (κ1) is 9.63. The van der Waals surface area contributed by atoms with E-state index < -0.39 is 0 Å². The molecule has 2 nitrogen and oxygen atoms in total. The number of likely N-dealkylation sites (N-methyl/N-ethyl adjacent to an activating group) is 1. The van der Waals surface area contributed by atoms with Crippen LogP contribution in [0.1, 0.15) is 20.3 Å². The van der Waals surface area contributed by atoms with Gasteiger partial charge in [-0.15, -0.1) is 0 Å². The molecule has 0 amide bonds. The van der Waals surface area contributed by atoms with Crippen LogP contribution in [0.15, 0.2) is 0 Å². The lowest BCUT2D eigenvalue weighted by Gasteiger charge is -2.19. The largest absolute Gasteiger partial charge is 0.302 e. The molecule has 0 bridgehead atoms. The normalized spacial score (nSPS) is 14.2. The van der Waals surface area contributed by atoms with Gasteiger partial charge in [-0.1, -0.05) is 13.8 Å². The summed E-state index contributed by atoms with van der Waals surface area (Å²) in [4.78, 5) is 12.4. The van der Waals surface area contributed by atoms with Crippen molar-refractivity contribution in [3.8, 4) is 0 Å². The van der Waals surface area contributed by atoms with Crippen LogP contribution >= 0.6 is 0 Å². The van der Waals surface area contributed by atoms with Crippen LogP contribution in [0.4, 0.5) is 0 Å². The van der Waals surface area contributed by atoms with Gasteiger partial charge in [-0.2, -0.15) is 0 Å². The third-order valence-corrected chi connectivity index (χ3v) is 1.53. The molecule has 2 heteroatoms. The van der Waals surface area contributed by atoms with E-state index in [-0.39, 0.29) is 6.04 Å². The van der Waals surface area contributed by atoms with Crippen molar-refractivity contribution < 1.29 is 4.79 Å². The second-order valence-corrected chi connectivity index (χ2v) is 3.30. The van der Waals surface area contributed by atoms with E-state index in [1.807, 2.05) is 19.0 Å². The first-order chi connectivity index (χ1) is 4.57. The van der Waals surface area contributed by atoms with Gasteiger partial charge in [0.05, 0.1) is 6.04 Å². The van der Waals surface area contributed by atoms with Gasteiger partial charge < -0.3 is 4.79 Å². The highest BCUT2D eigenvalue weighted by Crippen LogP contribution is 2.05. The maximum absolute atomic E-state index is 10.4. The van der Waals surface area contributed by atoms with E-state index >= 15 is 0 Å². The van der Waals surface area contributed by atoms with E-state index in [0.29, 0.717) is 5.92 Å². The van der Waals surface area contributed by atoms with Gasteiger partial charge in [0, 0.05) is 0 Å². The van der Waals surface area contributed by atoms with E-state index in [1.54, 1.807) is 0 Å². The molecule has 1 atom stereocenters. The molecule has 0 aliphatic carbocycles. The number of rotatable bonds is 4. The lowest BCUT2D eigenvalue weighted by Crippen LogP contribution is -2.30. The summed E-state index contributed by atoms with van der Waals surface area (Å²) in [6.07, 6.45) is 1.97. The Morgan fingerprint density at radius 3 is 2.00 bits per heavy atom. The molecule has 0 heterocycles. The second-order valence-electron chi connectivity index (χ2n) is 3.30. The van der Waals surface area contributed by atoms with Crippen molar-refractivity contribution in [2.24, 2.45) is 5.92 Å². The summed E-state index contributed by atoms with van der Waals surface area (Å²) in [5.41, 5.74) is 0. The van der Waals surface area contributed by atoms with E-state index in [4.69, 9.17) is 0 Å². The van der Waals surface area contributed by atoms with Gasteiger partial charge >= 0.3 is 0 Å². The summed E-state index contributed by atoms with van der Waals surface area (Å²) >= 11 is 0. The molecule has 0 N–H and O–H groups in total. The van der Waals surface area contributed by atoms with Crippen molar-refractivity contribution >= 4 is 6.29 Å². The van der Waals surface area contributed by atoms with Gasteiger partial charge in [-0.3, -0.25) is 4.90 Å². The van der Waals surface area contributed by atoms with Crippen molar-refractivity contribution in [3.05, 3.63) is 0 Å². The van der Waals surface area contributed by atoms with Crippen molar-refractivity contribution in [1.82, 2.24) is 4.90 Å². The molecule has 0 saturated heterocycles. The smallest absolute Gasteiger partial charge is 0.137 e. The molecule has 0 aromatic heterocycles. The highest BCUT2D eigenvalue weighted by atomic mass is 16.1. The zero-order valence-corrected chi connectivity index (χ0v) is 7.29. The fourth-order valence-corrected chi connectivity index (χ4v) is 0.871. The van der Waals surface area contributed by atoms with Gasteiger partial charge in [0.15, 0.2) is 0 Å². The van der Waals surface area contributed by atoms with Crippen molar-refractivity contribution in [3.63, 3.8) is 0 Å². The fraction of sp³-hybridized carbons (Fsp3) is 0.875. The highest BCUT2D eigenvalue weighted by Gasteiger charge is 2.10. The molecular formula is C8H17NO. The van der Waals surface area contributed by atoms with E-state index in [1.165, 1.54) is 0 Å². The summed E-state index contributed by atoms with van der Waals surface area (Å²) in [6.45, 7) is 4.25. The Kier molecular flexibility index (Phi) is 4.28. The number of carbonyl (C=O) groups is 1. The maximum Gasteiger partial charge on any atom is 0.137 e. The molecule has 0 radical (unpaired) electrons. The molecule has 0 aromatic rings. The van der Waals surface area contributed by atoms with Crippen LogP contribution in [0, 0.1) is 5.92 Å². The predicted octanol–water partition coefficient (Wildman–Crippen LogP) is 1.16. The number of nitrogens with zero attached hydrogens (tertiary/aromatic N) is 1. The fourth-order valence-electron chi connectivity index (χ4n) is 0.871. The minimum atomic E-state index is 0.0972. The molecule has 0 aliphatic rings. The van der Waals surface area contributed by atoms with Crippen molar-refractivity contribution in [2.45, 2.75) is 26.3 Å². The van der Waals surface area contributed by atoms with Gasteiger partial charge in [0.25, 0.3) is 0 Å². The summed E-state index contributed by atoms with van der Waals surface area (Å²) in [5, 5.41) is 0. The first-order valence-corrected chi connectivity index (χ1v) is 3.69.